The maximum Gasteiger partial charge on any atom is 0.307 e. The lowest BCUT2D eigenvalue weighted by Crippen LogP contribution is -2.49. The second kappa shape index (κ2) is 4.28. The van der Waals surface area contributed by atoms with Crippen LogP contribution in [0, 0.1) is 5.92 Å². The zero-order valence-corrected chi connectivity index (χ0v) is 8.41. The Bertz CT molecular complexity index is 214. The Hall–Kier alpha value is -0.610. The van der Waals surface area contributed by atoms with Crippen molar-refractivity contribution in [2.24, 2.45) is 5.92 Å². The van der Waals surface area contributed by atoms with E-state index in [9.17, 15) is 4.79 Å². The molecule has 0 spiro atoms. The number of hydrogen-bond acceptors (Lipinski definition) is 3. The zero-order valence-electron chi connectivity index (χ0n) is 8.41. The molecule has 2 heterocycles. The molecule has 2 aliphatic rings. The van der Waals surface area contributed by atoms with Gasteiger partial charge in [-0.2, -0.15) is 0 Å². The fraction of sp³-hybridized carbons (Fsp3) is 0.900. The minimum absolute atomic E-state index is 0.186. The van der Waals surface area contributed by atoms with E-state index in [2.05, 4.69) is 10.2 Å². The standard InChI is InChI=1S/C10H18N2O2/c13-10(14)8-5-9(7-11-6-8)12-3-1-2-4-12/h8-9,11H,1-7H2,(H,13,14)/t8-,9-/m0/s1. The molecule has 0 amide bonds. The largest absolute Gasteiger partial charge is 0.481 e. The average molecular weight is 198 g/mol. The van der Waals surface area contributed by atoms with Gasteiger partial charge in [-0.1, -0.05) is 0 Å². The van der Waals surface area contributed by atoms with Gasteiger partial charge in [0, 0.05) is 19.1 Å². The van der Waals surface area contributed by atoms with Crippen LogP contribution >= 0.6 is 0 Å². The summed E-state index contributed by atoms with van der Waals surface area (Å²) in [6.07, 6.45) is 3.37. The Morgan fingerprint density at radius 1 is 1.29 bits per heavy atom. The van der Waals surface area contributed by atoms with Crippen molar-refractivity contribution < 1.29 is 9.90 Å². The van der Waals surface area contributed by atoms with Gasteiger partial charge in [0.15, 0.2) is 0 Å². The predicted molar refractivity (Wildman–Crippen MR) is 53.2 cm³/mol. The molecule has 2 fully saturated rings. The van der Waals surface area contributed by atoms with Gasteiger partial charge >= 0.3 is 5.97 Å². The van der Waals surface area contributed by atoms with Gasteiger partial charge < -0.3 is 10.4 Å². The number of piperidine rings is 1. The number of carboxylic acids is 1. The molecule has 0 bridgehead atoms. The fourth-order valence-electron chi connectivity index (χ4n) is 2.49. The normalized spacial score (nSPS) is 34.6. The van der Waals surface area contributed by atoms with E-state index in [0.717, 1.165) is 26.1 Å². The maximum absolute atomic E-state index is 10.9. The highest BCUT2D eigenvalue weighted by Gasteiger charge is 2.31. The summed E-state index contributed by atoms with van der Waals surface area (Å²) in [6.45, 7) is 3.90. The summed E-state index contributed by atoms with van der Waals surface area (Å²) >= 11 is 0. The van der Waals surface area contributed by atoms with Crippen molar-refractivity contribution in [3.63, 3.8) is 0 Å². The molecule has 0 aromatic carbocycles. The van der Waals surface area contributed by atoms with Gasteiger partial charge in [0.1, 0.15) is 0 Å². The summed E-state index contributed by atoms with van der Waals surface area (Å²) in [5, 5.41) is 12.2. The average Bonchev–Trinajstić information content (AvgIpc) is 2.71. The van der Waals surface area contributed by atoms with Crippen LogP contribution < -0.4 is 5.32 Å². The van der Waals surface area contributed by atoms with Crippen molar-refractivity contribution in [3.05, 3.63) is 0 Å². The number of likely N-dealkylation sites (tertiary alicyclic amines) is 1. The molecule has 2 N–H and O–H groups in total. The molecule has 0 aliphatic carbocycles. The molecule has 2 saturated heterocycles. The predicted octanol–water partition coefficient (Wildman–Crippen LogP) is 0.145. The van der Waals surface area contributed by atoms with Crippen molar-refractivity contribution in [1.29, 1.82) is 0 Å². The lowest BCUT2D eigenvalue weighted by atomic mass is 9.95. The number of carbonyl (C=O) groups is 1. The van der Waals surface area contributed by atoms with E-state index < -0.39 is 5.97 Å². The first-order chi connectivity index (χ1) is 6.77. The molecule has 2 rings (SSSR count). The van der Waals surface area contributed by atoms with Crippen LogP contribution in [-0.4, -0.2) is 48.2 Å². The second-order valence-electron chi connectivity index (χ2n) is 4.33. The van der Waals surface area contributed by atoms with Gasteiger partial charge in [-0.05, 0) is 32.4 Å². The van der Waals surface area contributed by atoms with E-state index in [-0.39, 0.29) is 5.92 Å². The first kappa shape index (κ1) is 9.93. The second-order valence-corrected chi connectivity index (χ2v) is 4.33. The van der Waals surface area contributed by atoms with Crippen LogP contribution in [0.25, 0.3) is 0 Å². The van der Waals surface area contributed by atoms with Crippen molar-refractivity contribution in [3.8, 4) is 0 Å². The summed E-state index contributed by atoms with van der Waals surface area (Å²) in [5.41, 5.74) is 0. The molecule has 80 valence electrons. The Morgan fingerprint density at radius 2 is 2.00 bits per heavy atom. The van der Waals surface area contributed by atoms with Crippen LogP contribution in [0.4, 0.5) is 0 Å². The minimum Gasteiger partial charge on any atom is -0.481 e. The monoisotopic (exact) mass is 198 g/mol. The summed E-state index contributed by atoms with van der Waals surface area (Å²) < 4.78 is 0. The van der Waals surface area contributed by atoms with Gasteiger partial charge in [-0.25, -0.2) is 0 Å². The van der Waals surface area contributed by atoms with E-state index in [4.69, 9.17) is 5.11 Å². The number of nitrogens with zero attached hydrogens (tertiary/aromatic N) is 1. The van der Waals surface area contributed by atoms with Gasteiger partial charge in [-0.3, -0.25) is 9.69 Å². The van der Waals surface area contributed by atoms with Gasteiger partial charge in [0.2, 0.25) is 0 Å². The van der Waals surface area contributed by atoms with E-state index in [1.807, 2.05) is 0 Å². The highest BCUT2D eigenvalue weighted by molar-refractivity contribution is 5.70. The molecule has 2 atom stereocenters. The molecular formula is C10H18N2O2. The van der Waals surface area contributed by atoms with Crippen LogP contribution in [0.15, 0.2) is 0 Å². The third-order valence-electron chi connectivity index (χ3n) is 3.33. The third kappa shape index (κ3) is 2.07. The Morgan fingerprint density at radius 3 is 2.64 bits per heavy atom. The summed E-state index contributed by atoms with van der Waals surface area (Å²) in [6, 6.07) is 0.451. The molecule has 2 aliphatic heterocycles. The van der Waals surface area contributed by atoms with E-state index >= 15 is 0 Å². The zero-order chi connectivity index (χ0) is 9.97. The molecule has 0 aromatic heterocycles. The fourth-order valence-corrected chi connectivity index (χ4v) is 2.49. The topological polar surface area (TPSA) is 52.6 Å². The first-order valence-electron chi connectivity index (χ1n) is 5.45. The van der Waals surface area contributed by atoms with Crippen LogP contribution in [0.1, 0.15) is 19.3 Å². The highest BCUT2D eigenvalue weighted by atomic mass is 16.4. The molecule has 0 radical (unpaired) electrons. The molecule has 0 saturated carbocycles. The molecule has 4 heteroatoms. The van der Waals surface area contributed by atoms with E-state index in [1.54, 1.807) is 0 Å². The Kier molecular flexibility index (Phi) is 3.03. The number of hydrogen-bond donors (Lipinski definition) is 2. The molecule has 0 aromatic rings. The Balaban J connectivity index is 1.89. The van der Waals surface area contributed by atoms with E-state index in [1.165, 1.54) is 12.8 Å². The maximum atomic E-state index is 10.9. The molecular weight excluding hydrogens is 180 g/mol. The van der Waals surface area contributed by atoms with Gasteiger partial charge in [0.05, 0.1) is 5.92 Å². The SMILES string of the molecule is O=C(O)[C@@H]1CNC[C@@H](N2CCCC2)C1. The van der Waals surface area contributed by atoms with Gasteiger partial charge in [0.25, 0.3) is 0 Å². The first-order valence-corrected chi connectivity index (χ1v) is 5.45. The number of aliphatic carboxylic acids is 1. The third-order valence-corrected chi connectivity index (χ3v) is 3.33. The van der Waals surface area contributed by atoms with Crippen LogP contribution in [0.5, 0.6) is 0 Å². The van der Waals surface area contributed by atoms with Crippen molar-refractivity contribution in [1.82, 2.24) is 10.2 Å². The van der Waals surface area contributed by atoms with Crippen molar-refractivity contribution >= 4 is 5.97 Å². The summed E-state index contributed by atoms with van der Waals surface area (Å²) in [5.74, 6) is -0.837. The minimum atomic E-state index is -0.651. The quantitative estimate of drug-likeness (QED) is 0.663. The molecule has 14 heavy (non-hydrogen) atoms. The van der Waals surface area contributed by atoms with Crippen LogP contribution in [-0.2, 0) is 4.79 Å². The van der Waals surface area contributed by atoms with E-state index in [0.29, 0.717) is 12.6 Å². The van der Waals surface area contributed by atoms with Gasteiger partial charge in [-0.15, -0.1) is 0 Å². The van der Waals surface area contributed by atoms with Crippen molar-refractivity contribution in [2.75, 3.05) is 26.2 Å². The molecule has 4 nitrogen and oxygen atoms in total. The number of carboxylic acid groups (broad SMARTS) is 1. The van der Waals surface area contributed by atoms with Crippen LogP contribution in [0.2, 0.25) is 0 Å². The highest BCUT2D eigenvalue weighted by Crippen LogP contribution is 2.20. The summed E-state index contributed by atoms with van der Waals surface area (Å²) in [7, 11) is 0. The number of rotatable bonds is 2. The van der Waals surface area contributed by atoms with Crippen LogP contribution in [0.3, 0.4) is 0 Å². The summed E-state index contributed by atoms with van der Waals surface area (Å²) in [4.78, 5) is 13.3. The Labute approximate surface area is 84.3 Å². The lowest BCUT2D eigenvalue weighted by Gasteiger charge is -2.34. The smallest absolute Gasteiger partial charge is 0.307 e. The number of nitrogens with one attached hydrogen (secondary N) is 1. The lowest BCUT2D eigenvalue weighted by molar-refractivity contribution is -0.142. The van der Waals surface area contributed by atoms with Crippen molar-refractivity contribution in [2.45, 2.75) is 25.3 Å². The molecule has 0 unspecified atom stereocenters.